The molecular formula is C12H11NOS2. The van der Waals surface area contributed by atoms with Crippen molar-refractivity contribution in [3.8, 4) is 0 Å². The van der Waals surface area contributed by atoms with Crippen LogP contribution in [0.15, 0.2) is 39.3 Å². The molecule has 1 aliphatic rings. The molecule has 1 aromatic carbocycles. The van der Waals surface area contributed by atoms with E-state index >= 15 is 0 Å². The van der Waals surface area contributed by atoms with E-state index in [1.807, 2.05) is 18.2 Å². The van der Waals surface area contributed by atoms with Crippen LogP contribution in [0.3, 0.4) is 0 Å². The molecular weight excluding hydrogens is 238 g/mol. The van der Waals surface area contributed by atoms with Gasteiger partial charge in [0, 0.05) is 11.3 Å². The molecule has 1 aromatic heterocycles. The number of hydrogen-bond donors (Lipinski definition) is 1. The second-order valence-electron chi connectivity index (χ2n) is 3.77. The minimum Gasteiger partial charge on any atom is -0.511 e. The molecule has 1 aliphatic carbocycles. The average molecular weight is 249 g/mol. The molecule has 4 heteroatoms. The van der Waals surface area contributed by atoms with E-state index in [-0.39, 0.29) is 0 Å². The summed E-state index contributed by atoms with van der Waals surface area (Å²) in [5, 5.41) is 9.66. The Balaban J connectivity index is 1.92. The summed E-state index contributed by atoms with van der Waals surface area (Å²) in [4.78, 5) is 5.64. The Bertz CT molecular complexity index is 526. The molecule has 3 rings (SSSR count). The molecule has 0 bridgehead atoms. The fourth-order valence-corrected chi connectivity index (χ4v) is 4.07. The molecule has 0 fully saturated rings. The van der Waals surface area contributed by atoms with Gasteiger partial charge in [0.05, 0.1) is 10.2 Å². The van der Waals surface area contributed by atoms with E-state index in [0.717, 1.165) is 34.0 Å². The molecule has 2 aromatic rings. The van der Waals surface area contributed by atoms with E-state index in [0.29, 0.717) is 5.76 Å². The van der Waals surface area contributed by atoms with Crippen molar-refractivity contribution in [2.45, 2.75) is 23.6 Å². The van der Waals surface area contributed by atoms with Crippen molar-refractivity contribution >= 4 is 33.3 Å². The number of rotatable bonds is 2. The lowest BCUT2D eigenvalue weighted by atomic mass is 10.3. The second-order valence-corrected chi connectivity index (χ2v) is 6.15. The average Bonchev–Trinajstić information content (AvgIpc) is 2.85. The fraction of sp³-hybridized carbons (Fsp3) is 0.250. The summed E-state index contributed by atoms with van der Waals surface area (Å²) >= 11 is 3.31. The molecule has 0 atom stereocenters. The highest BCUT2D eigenvalue weighted by Crippen LogP contribution is 2.40. The third-order valence-electron chi connectivity index (χ3n) is 2.62. The van der Waals surface area contributed by atoms with Crippen LogP contribution in [0.25, 0.3) is 10.2 Å². The zero-order valence-corrected chi connectivity index (χ0v) is 10.3. The molecule has 0 radical (unpaired) electrons. The maximum atomic E-state index is 9.66. The number of hydrogen-bond acceptors (Lipinski definition) is 4. The summed E-state index contributed by atoms with van der Waals surface area (Å²) in [6.07, 6.45) is 2.89. The number of aliphatic hydroxyl groups is 1. The van der Waals surface area contributed by atoms with E-state index in [9.17, 15) is 5.11 Å². The number of para-hydroxylation sites is 1. The van der Waals surface area contributed by atoms with Crippen molar-refractivity contribution in [1.82, 2.24) is 4.98 Å². The topological polar surface area (TPSA) is 33.1 Å². The van der Waals surface area contributed by atoms with Crippen molar-refractivity contribution in [1.29, 1.82) is 0 Å². The highest BCUT2D eigenvalue weighted by molar-refractivity contribution is 8.04. The molecule has 0 aliphatic heterocycles. The predicted octanol–water partition coefficient (Wildman–Crippen LogP) is 4.34. The Morgan fingerprint density at radius 2 is 2.12 bits per heavy atom. The number of thioether (sulfide) groups is 1. The molecule has 0 saturated heterocycles. The summed E-state index contributed by atoms with van der Waals surface area (Å²) in [5.74, 6) is 0.559. The lowest BCUT2D eigenvalue weighted by Crippen LogP contribution is -1.76. The van der Waals surface area contributed by atoms with Crippen LogP contribution in [0.1, 0.15) is 19.3 Å². The van der Waals surface area contributed by atoms with Crippen LogP contribution < -0.4 is 0 Å². The molecule has 0 saturated carbocycles. The first-order chi connectivity index (χ1) is 7.83. The fourth-order valence-electron chi connectivity index (χ4n) is 1.81. The van der Waals surface area contributed by atoms with E-state index in [1.165, 1.54) is 4.70 Å². The predicted molar refractivity (Wildman–Crippen MR) is 69.0 cm³/mol. The summed E-state index contributed by atoms with van der Waals surface area (Å²) in [7, 11) is 0. The molecule has 2 nitrogen and oxygen atoms in total. The number of thiazole rings is 1. The van der Waals surface area contributed by atoms with Crippen LogP contribution in [0.2, 0.25) is 0 Å². The van der Waals surface area contributed by atoms with Crippen LogP contribution >= 0.6 is 23.1 Å². The molecule has 1 N–H and O–H groups in total. The third-order valence-corrected chi connectivity index (χ3v) is 4.91. The van der Waals surface area contributed by atoms with Gasteiger partial charge in [0.2, 0.25) is 0 Å². The van der Waals surface area contributed by atoms with Crippen molar-refractivity contribution in [2.24, 2.45) is 0 Å². The van der Waals surface area contributed by atoms with Crippen LogP contribution in [-0.4, -0.2) is 10.1 Å². The Morgan fingerprint density at radius 1 is 1.25 bits per heavy atom. The van der Waals surface area contributed by atoms with E-state index in [4.69, 9.17) is 0 Å². The van der Waals surface area contributed by atoms with Crippen molar-refractivity contribution in [3.63, 3.8) is 0 Å². The van der Waals surface area contributed by atoms with Crippen molar-refractivity contribution < 1.29 is 5.11 Å². The van der Waals surface area contributed by atoms with Gasteiger partial charge in [0.15, 0.2) is 4.34 Å². The number of nitrogens with zero attached hydrogens (tertiary/aromatic N) is 1. The maximum Gasteiger partial charge on any atom is 0.155 e. The molecule has 0 spiro atoms. The molecule has 16 heavy (non-hydrogen) atoms. The van der Waals surface area contributed by atoms with Gasteiger partial charge in [-0.3, -0.25) is 0 Å². The van der Waals surface area contributed by atoms with Gasteiger partial charge in [0.25, 0.3) is 0 Å². The Kier molecular flexibility index (Phi) is 2.61. The van der Waals surface area contributed by atoms with Crippen molar-refractivity contribution in [2.75, 3.05) is 0 Å². The van der Waals surface area contributed by atoms with Gasteiger partial charge < -0.3 is 5.11 Å². The largest absolute Gasteiger partial charge is 0.511 e. The van der Waals surface area contributed by atoms with Crippen LogP contribution in [-0.2, 0) is 0 Å². The van der Waals surface area contributed by atoms with Gasteiger partial charge in [-0.05, 0) is 25.0 Å². The lowest BCUT2D eigenvalue weighted by Gasteiger charge is -1.97. The number of allylic oxidation sites excluding steroid dienone is 2. The van der Waals surface area contributed by atoms with Crippen LogP contribution in [0.4, 0.5) is 0 Å². The zero-order chi connectivity index (χ0) is 11.0. The highest BCUT2D eigenvalue weighted by atomic mass is 32.2. The SMILES string of the molecule is OC1=C(Sc2nc3ccccc3s2)CCC1. The van der Waals surface area contributed by atoms with Gasteiger partial charge in [-0.15, -0.1) is 11.3 Å². The Hall–Kier alpha value is -1.00. The first-order valence-electron chi connectivity index (χ1n) is 5.27. The maximum absolute atomic E-state index is 9.66. The minimum atomic E-state index is 0.559. The first kappa shape index (κ1) is 10.2. The smallest absolute Gasteiger partial charge is 0.155 e. The third kappa shape index (κ3) is 1.83. The lowest BCUT2D eigenvalue weighted by molar-refractivity contribution is 0.396. The van der Waals surface area contributed by atoms with Gasteiger partial charge in [0.1, 0.15) is 5.76 Å². The number of aromatic nitrogens is 1. The van der Waals surface area contributed by atoms with E-state index < -0.39 is 0 Å². The van der Waals surface area contributed by atoms with Gasteiger partial charge in [-0.2, -0.15) is 0 Å². The monoisotopic (exact) mass is 249 g/mol. The van der Waals surface area contributed by atoms with E-state index in [1.54, 1.807) is 23.1 Å². The summed E-state index contributed by atoms with van der Waals surface area (Å²) in [6, 6.07) is 8.14. The number of fused-ring (bicyclic) bond motifs is 1. The second kappa shape index (κ2) is 4.11. The first-order valence-corrected chi connectivity index (χ1v) is 6.90. The standard InChI is InChI=1S/C12H11NOS2/c14-9-5-3-7-11(9)16-12-13-8-4-1-2-6-10(8)15-12/h1-2,4,6,14H,3,5,7H2. The summed E-state index contributed by atoms with van der Waals surface area (Å²) in [5.41, 5.74) is 1.05. The highest BCUT2D eigenvalue weighted by Gasteiger charge is 2.16. The molecule has 0 unspecified atom stereocenters. The minimum absolute atomic E-state index is 0.559. The normalized spacial score (nSPS) is 16.2. The molecule has 1 heterocycles. The quantitative estimate of drug-likeness (QED) is 0.859. The Labute approximate surface area is 102 Å². The Morgan fingerprint density at radius 3 is 2.88 bits per heavy atom. The summed E-state index contributed by atoms with van der Waals surface area (Å²) < 4.78 is 2.24. The summed E-state index contributed by atoms with van der Waals surface area (Å²) in [6.45, 7) is 0. The van der Waals surface area contributed by atoms with Gasteiger partial charge in [-0.1, -0.05) is 23.9 Å². The zero-order valence-electron chi connectivity index (χ0n) is 8.64. The molecule has 0 amide bonds. The number of aliphatic hydroxyl groups excluding tert-OH is 1. The van der Waals surface area contributed by atoms with Gasteiger partial charge >= 0.3 is 0 Å². The van der Waals surface area contributed by atoms with Crippen LogP contribution in [0.5, 0.6) is 0 Å². The van der Waals surface area contributed by atoms with Crippen molar-refractivity contribution in [3.05, 3.63) is 34.9 Å². The molecule has 82 valence electrons. The van der Waals surface area contributed by atoms with E-state index in [2.05, 4.69) is 11.1 Å². The van der Waals surface area contributed by atoms with Gasteiger partial charge in [-0.25, -0.2) is 4.98 Å². The number of benzene rings is 1. The van der Waals surface area contributed by atoms with Crippen LogP contribution in [0, 0.1) is 0 Å².